The highest BCUT2D eigenvalue weighted by atomic mass is 16.4. The number of hydrogen-bond acceptors (Lipinski definition) is 2. The molecule has 1 heterocycles. The van der Waals surface area contributed by atoms with E-state index in [4.69, 9.17) is 0 Å². The first-order chi connectivity index (χ1) is 5.57. The molecular weight excluding hydrogens is 154 g/mol. The van der Waals surface area contributed by atoms with Crippen LogP contribution < -0.4 is 5.11 Å². The topological polar surface area (TPSA) is 55.9 Å². The Bertz CT molecular complexity index is 313. The Balaban J connectivity index is 3.32. The Morgan fingerprint density at radius 1 is 1.42 bits per heavy atom. The van der Waals surface area contributed by atoms with E-state index >= 15 is 0 Å². The molecule has 0 aromatic carbocycles. The molecule has 0 saturated heterocycles. The van der Waals surface area contributed by atoms with Crippen LogP contribution in [0.3, 0.4) is 0 Å². The predicted octanol–water partition coefficient (Wildman–Crippen LogP) is 0.557. The van der Waals surface area contributed by atoms with Gasteiger partial charge in [-0.3, -0.25) is 0 Å². The Morgan fingerprint density at radius 3 is 2.33 bits per heavy atom. The predicted molar refractivity (Wildman–Crippen MR) is 44.0 cm³/mol. The summed E-state index contributed by atoms with van der Waals surface area (Å²) < 4.78 is 0. The molecule has 1 aromatic rings. The number of carboxylic acids is 1. The lowest BCUT2D eigenvalue weighted by atomic mass is 10.1. The maximum absolute atomic E-state index is 10.7. The minimum atomic E-state index is -1.09. The molecule has 3 nitrogen and oxygen atoms in total. The molecule has 0 bridgehead atoms. The van der Waals surface area contributed by atoms with E-state index in [2.05, 4.69) is 4.98 Å². The first-order valence-electron chi connectivity index (χ1n) is 3.97. The minimum absolute atomic E-state index is 0.329. The van der Waals surface area contributed by atoms with Crippen LogP contribution in [0.2, 0.25) is 0 Å². The lowest BCUT2D eigenvalue weighted by Gasteiger charge is -2.04. The molecule has 0 spiro atoms. The molecule has 3 heteroatoms. The average molecular weight is 166 g/mol. The summed E-state index contributed by atoms with van der Waals surface area (Å²) in [6.07, 6.45) is 0.722. The van der Waals surface area contributed by atoms with Crippen molar-refractivity contribution < 1.29 is 9.90 Å². The molecule has 0 radical (unpaired) electrons. The molecule has 0 aliphatic heterocycles. The average Bonchev–Trinajstić information content (AvgIpc) is 2.24. The Kier molecular flexibility index (Phi) is 2.22. The summed E-state index contributed by atoms with van der Waals surface area (Å²) in [5.74, 6) is -1.09. The second kappa shape index (κ2) is 3.01. The van der Waals surface area contributed by atoms with E-state index in [1.807, 2.05) is 13.8 Å². The van der Waals surface area contributed by atoms with Crippen molar-refractivity contribution in [1.29, 1.82) is 0 Å². The van der Waals surface area contributed by atoms with Gasteiger partial charge in [0.25, 0.3) is 0 Å². The molecule has 0 unspecified atom stereocenters. The van der Waals surface area contributed by atoms with Crippen LogP contribution in [0.5, 0.6) is 0 Å². The lowest BCUT2D eigenvalue weighted by Crippen LogP contribution is -2.23. The van der Waals surface area contributed by atoms with Gasteiger partial charge in [-0.1, -0.05) is 6.92 Å². The van der Waals surface area contributed by atoms with E-state index in [-0.39, 0.29) is 0 Å². The molecule has 0 fully saturated rings. The summed E-state index contributed by atoms with van der Waals surface area (Å²) in [5.41, 5.74) is 2.79. The van der Waals surface area contributed by atoms with E-state index in [9.17, 15) is 9.90 Å². The fraction of sp³-hybridized carbons (Fsp3) is 0.444. The third kappa shape index (κ3) is 1.22. The van der Waals surface area contributed by atoms with E-state index < -0.39 is 5.97 Å². The van der Waals surface area contributed by atoms with Gasteiger partial charge in [-0.2, -0.15) is 0 Å². The van der Waals surface area contributed by atoms with Crippen molar-refractivity contribution in [3.05, 3.63) is 22.5 Å². The third-order valence-electron chi connectivity index (χ3n) is 2.06. The zero-order valence-electron chi connectivity index (χ0n) is 7.52. The van der Waals surface area contributed by atoms with Gasteiger partial charge in [0.1, 0.15) is 0 Å². The van der Waals surface area contributed by atoms with Crippen LogP contribution in [0.15, 0.2) is 0 Å². The number of nitrogens with one attached hydrogen (secondary N) is 1. The van der Waals surface area contributed by atoms with Crippen LogP contribution in [0.1, 0.15) is 34.2 Å². The van der Waals surface area contributed by atoms with Gasteiger partial charge >= 0.3 is 0 Å². The van der Waals surface area contributed by atoms with Crippen molar-refractivity contribution in [2.24, 2.45) is 0 Å². The summed E-state index contributed by atoms with van der Waals surface area (Å²) in [5, 5.41) is 10.7. The third-order valence-corrected chi connectivity index (χ3v) is 2.06. The highest BCUT2D eigenvalue weighted by Crippen LogP contribution is 2.17. The highest BCUT2D eigenvalue weighted by molar-refractivity contribution is 5.89. The van der Waals surface area contributed by atoms with E-state index in [0.29, 0.717) is 11.3 Å². The molecule has 12 heavy (non-hydrogen) atoms. The Morgan fingerprint density at radius 2 is 2.00 bits per heavy atom. The smallest absolute Gasteiger partial charge is 0.0736 e. The lowest BCUT2D eigenvalue weighted by molar-refractivity contribution is -0.255. The Labute approximate surface area is 71.4 Å². The molecule has 0 saturated carbocycles. The van der Waals surface area contributed by atoms with Gasteiger partial charge in [0.05, 0.1) is 5.97 Å². The summed E-state index contributed by atoms with van der Waals surface area (Å²) >= 11 is 0. The van der Waals surface area contributed by atoms with Crippen LogP contribution in [0, 0.1) is 13.8 Å². The summed E-state index contributed by atoms with van der Waals surface area (Å²) in [6, 6.07) is 0. The first kappa shape index (κ1) is 8.84. The number of carbonyl (C=O) groups is 1. The monoisotopic (exact) mass is 166 g/mol. The van der Waals surface area contributed by atoms with Crippen molar-refractivity contribution in [1.82, 2.24) is 4.98 Å². The number of H-pyrrole nitrogens is 1. The van der Waals surface area contributed by atoms with Crippen molar-refractivity contribution in [2.45, 2.75) is 27.2 Å². The second-order valence-electron chi connectivity index (χ2n) is 2.87. The normalized spacial score (nSPS) is 10.2. The maximum atomic E-state index is 10.7. The SMILES string of the molecule is CCc1c(C)[nH]c(C)c1C(=O)[O-]. The molecule has 1 N–H and O–H groups in total. The first-order valence-corrected chi connectivity index (χ1v) is 3.97. The van der Waals surface area contributed by atoms with Gasteiger partial charge in [0.2, 0.25) is 0 Å². The largest absolute Gasteiger partial charge is 0.545 e. The number of hydrogen-bond donors (Lipinski definition) is 1. The molecule has 0 aliphatic carbocycles. The summed E-state index contributed by atoms with van der Waals surface area (Å²) in [4.78, 5) is 13.7. The second-order valence-corrected chi connectivity index (χ2v) is 2.87. The molecule has 0 aliphatic rings. The van der Waals surface area contributed by atoms with Crippen molar-refractivity contribution in [2.75, 3.05) is 0 Å². The van der Waals surface area contributed by atoms with Gasteiger partial charge in [0, 0.05) is 17.0 Å². The van der Waals surface area contributed by atoms with Gasteiger partial charge in [-0.05, 0) is 25.8 Å². The number of carbonyl (C=O) groups excluding carboxylic acids is 1. The van der Waals surface area contributed by atoms with Crippen LogP contribution in [-0.4, -0.2) is 11.0 Å². The Hall–Kier alpha value is -1.25. The fourth-order valence-corrected chi connectivity index (χ4v) is 1.55. The molecule has 0 atom stereocenters. The van der Waals surface area contributed by atoms with Crippen molar-refractivity contribution in [3.63, 3.8) is 0 Å². The number of aromatic carboxylic acids is 1. The van der Waals surface area contributed by atoms with Crippen LogP contribution in [0.25, 0.3) is 0 Å². The maximum Gasteiger partial charge on any atom is 0.0736 e. The van der Waals surface area contributed by atoms with Crippen LogP contribution in [-0.2, 0) is 6.42 Å². The zero-order chi connectivity index (χ0) is 9.30. The van der Waals surface area contributed by atoms with E-state index in [1.54, 1.807) is 6.92 Å². The van der Waals surface area contributed by atoms with Gasteiger partial charge < -0.3 is 14.9 Å². The number of aromatic nitrogens is 1. The quantitative estimate of drug-likeness (QED) is 0.697. The number of rotatable bonds is 2. The van der Waals surface area contributed by atoms with Crippen LogP contribution in [0.4, 0.5) is 0 Å². The summed E-state index contributed by atoms with van der Waals surface area (Å²) in [6.45, 7) is 5.55. The number of carboxylic acid groups (broad SMARTS) is 1. The molecule has 1 aromatic heterocycles. The molecular formula is C9H12NO2-. The molecule has 66 valence electrons. The van der Waals surface area contributed by atoms with Gasteiger partial charge in [-0.25, -0.2) is 0 Å². The molecule has 1 rings (SSSR count). The van der Waals surface area contributed by atoms with E-state index in [0.717, 1.165) is 17.7 Å². The highest BCUT2D eigenvalue weighted by Gasteiger charge is 2.10. The molecule has 0 amide bonds. The van der Waals surface area contributed by atoms with Gasteiger partial charge in [0.15, 0.2) is 0 Å². The number of aryl methyl sites for hydroxylation is 2. The van der Waals surface area contributed by atoms with E-state index in [1.165, 1.54) is 0 Å². The minimum Gasteiger partial charge on any atom is -0.545 e. The zero-order valence-corrected chi connectivity index (χ0v) is 7.52. The summed E-state index contributed by atoms with van der Waals surface area (Å²) in [7, 11) is 0. The standard InChI is InChI=1S/C9H13NO2/c1-4-7-5(2)10-6(3)8(7)9(11)12/h10H,4H2,1-3H3,(H,11,12)/p-1. The van der Waals surface area contributed by atoms with Crippen molar-refractivity contribution >= 4 is 5.97 Å². The van der Waals surface area contributed by atoms with Gasteiger partial charge in [-0.15, -0.1) is 0 Å². The van der Waals surface area contributed by atoms with Crippen molar-refractivity contribution in [3.8, 4) is 0 Å². The fourth-order valence-electron chi connectivity index (χ4n) is 1.55. The van der Waals surface area contributed by atoms with Crippen LogP contribution >= 0.6 is 0 Å². The number of aromatic amines is 1.